The Kier molecular flexibility index (Phi) is 38.5. The second kappa shape index (κ2) is 39.6. The zero-order valence-electron chi connectivity index (χ0n) is 37.0. The molecule has 0 aliphatic rings. The zero-order chi connectivity index (χ0) is 39.9. The van der Waals surface area contributed by atoms with Crippen molar-refractivity contribution < 1.29 is 28.6 Å². The Morgan fingerprint density at radius 3 is 0.963 bits per heavy atom. The predicted molar refractivity (Wildman–Crippen MR) is 229 cm³/mol. The molecule has 0 radical (unpaired) electrons. The fraction of sp³-hybridized carbons (Fsp3) is 0.938. The smallest absolute Gasteiger partial charge is 0.306 e. The molecular weight excluding hydrogens is 673 g/mol. The summed E-state index contributed by atoms with van der Waals surface area (Å²) in [6.07, 6.45) is 36.6. The van der Waals surface area contributed by atoms with Gasteiger partial charge in [-0.2, -0.15) is 0 Å². The highest BCUT2D eigenvalue weighted by Crippen LogP contribution is 2.17. The quantitative estimate of drug-likeness (QED) is 0.0350. The number of rotatable bonds is 41. The second-order valence-electron chi connectivity index (χ2n) is 17.6. The highest BCUT2D eigenvalue weighted by molar-refractivity contribution is 5.71. The van der Waals surface area contributed by atoms with E-state index in [2.05, 4.69) is 41.5 Å². The van der Waals surface area contributed by atoms with Crippen LogP contribution in [0.25, 0.3) is 0 Å². The molecule has 0 saturated carbocycles. The molecule has 0 N–H and O–H groups in total. The summed E-state index contributed by atoms with van der Waals surface area (Å²) >= 11 is 0. The molecule has 1 unspecified atom stereocenters. The van der Waals surface area contributed by atoms with Crippen LogP contribution >= 0.6 is 0 Å². The summed E-state index contributed by atoms with van der Waals surface area (Å²) in [4.78, 5) is 37.7. The summed E-state index contributed by atoms with van der Waals surface area (Å²) in [5.41, 5.74) is 0. The van der Waals surface area contributed by atoms with Gasteiger partial charge in [0.25, 0.3) is 0 Å². The van der Waals surface area contributed by atoms with E-state index in [0.717, 1.165) is 75.5 Å². The lowest BCUT2D eigenvalue weighted by Gasteiger charge is -2.18. The average molecular weight is 765 g/mol. The van der Waals surface area contributed by atoms with E-state index in [9.17, 15) is 14.4 Å². The predicted octanol–water partition coefficient (Wildman–Crippen LogP) is 14.8. The minimum Gasteiger partial charge on any atom is -0.462 e. The standard InChI is InChI=1S/C48H92O6/c1-7-44(6)36-30-24-20-21-27-33-39-48(51)54-45(41-53-47(50)38-32-26-19-15-11-13-17-23-29-35-43(4)5)40-52-46(49)37-31-25-18-14-10-8-9-12-16-22-28-34-42(2)3/h42-45H,7-41H2,1-6H3/t44?,45-/m0/s1. The first-order valence-corrected chi connectivity index (χ1v) is 23.6. The van der Waals surface area contributed by atoms with Crippen LogP contribution in [-0.4, -0.2) is 37.2 Å². The maximum absolute atomic E-state index is 12.7. The van der Waals surface area contributed by atoms with Gasteiger partial charge < -0.3 is 14.2 Å². The minimum atomic E-state index is -0.762. The van der Waals surface area contributed by atoms with Crippen molar-refractivity contribution in [3.05, 3.63) is 0 Å². The van der Waals surface area contributed by atoms with Crippen LogP contribution in [0.1, 0.15) is 253 Å². The van der Waals surface area contributed by atoms with Gasteiger partial charge in [0.15, 0.2) is 6.10 Å². The third kappa shape index (κ3) is 40.1. The molecule has 2 atom stereocenters. The SMILES string of the molecule is CCC(C)CCCCCCCCC(=O)O[C@@H](COC(=O)CCCCCCCCCCCCCC(C)C)COC(=O)CCCCCCCCCCCC(C)C. The molecule has 0 spiro atoms. The van der Waals surface area contributed by atoms with Crippen molar-refractivity contribution in [2.75, 3.05) is 13.2 Å². The van der Waals surface area contributed by atoms with E-state index < -0.39 is 6.10 Å². The number of carbonyl (C=O) groups is 3. The summed E-state index contributed by atoms with van der Waals surface area (Å²) in [6, 6.07) is 0. The van der Waals surface area contributed by atoms with Gasteiger partial charge in [0.1, 0.15) is 13.2 Å². The highest BCUT2D eigenvalue weighted by Gasteiger charge is 2.19. The van der Waals surface area contributed by atoms with Gasteiger partial charge in [0.05, 0.1) is 0 Å². The Bertz CT molecular complexity index is 839. The van der Waals surface area contributed by atoms with Gasteiger partial charge in [-0.05, 0) is 37.0 Å². The van der Waals surface area contributed by atoms with Gasteiger partial charge in [-0.1, -0.05) is 215 Å². The van der Waals surface area contributed by atoms with Gasteiger partial charge in [0.2, 0.25) is 0 Å². The number of ether oxygens (including phenoxy) is 3. The van der Waals surface area contributed by atoms with E-state index in [4.69, 9.17) is 14.2 Å². The lowest BCUT2D eigenvalue weighted by atomic mass is 10.00. The maximum atomic E-state index is 12.7. The number of carbonyl (C=O) groups excluding carboxylic acids is 3. The molecule has 0 amide bonds. The van der Waals surface area contributed by atoms with Crippen molar-refractivity contribution >= 4 is 17.9 Å². The molecule has 320 valence electrons. The molecular formula is C48H92O6. The first kappa shape index (κ1) is 52.4. The Morgan fingerprint density at radius 2 is 0.648 bits per heavy atom. The van der Waals surface area contributed by atoms with Gasteiger partial charge in [-0.15, -0.1) is 0 Å². The molecule has 0 bridgehead atoms. The van der Waals surface area contributed by atoms with Gasteiger partial charge in [-0.25, -0.2) is 0 Å². The molecule has 0 fully saturated rings. The fourth-order valence-electron chi connectivity index (χ4n) is 7.02. The Balaban J connectivity index is 4.33. The number of hydrogen-bond acceptors (Lipinski definition) is 6. The van der Waals surface area contributed by atoms with Gasteiger partial charge in [0, 0.05) is 19.3 Å². The second-order valence-corrected chi connectivity index (χ2v) is 17.6. The van der Waals surface area contributed by atoms with Crippen LogP contribution < -0.4 is 0 Å². The average Bonchev–Trinajstić information content (AvgIpc) is 3.14. The van der Waals surface area contributed by atoms with E-state index in [-0.39, 0.29) is 31.1 Å². The van der Waals surface area contributed by atoms with Crippen LogP contribution in [0.2, 0.25) is 0 Å². The van der Waals surface area contributed by atoms with E-state index >= 15 is 0 Å². The third-order valence-electron chi connectivity index (χ3n) is 11.0. The van der Waals surface area contributed by atoms with E-state index in [1.165, 1.54) is 135 Å². The molecule has 54 heavy (non-hydrogen) atoms. The summed E-state index contributed by atoms with van der Waals surface area (Å²) in [5, 5.41) is 0. The van der Waals surface area contributed by atoms with E-state index in [0.29, 0.717) is 19.3 Å². The Labute approximate surface area is 336 Å². The first-order valence-electron chi connectivity index (χ1n) is 23.6. The zero-order valence-corrected chi connectivity index (χ0v) is 37.0. The van der Waals surface area contributed by atoms with Gasteiger partial charge in [-0.3, -0.25) is 14.4 Å². The fourth-order valence-corrected chi connectivity index (χ4v) is 7.02. The molecule has 0 heterocycles. The van der Waals surface area contributed by atoms with Crippen LogP contribution in [0.5, 0.6) is 0 Å². The molecule has 6 heteroatoms. The highest BCUT2D eigenvalue weighted by atomic mass is 16.6. The van der Waals surface area contributed by atoms with Crippen LogP contribution in [0.4, 0.5) is 0 Å². The molecule has 0 saturated heterocycles. The number of esters is 3. The monoisotopic (exact) mass is 765 g/mol. The Morgan fingerprint density at radius 1 is 0.370 bits per heavy atom. The van der Waals surface area contributed by atoms with Crippen molar-refractivity contribution in [1.29, 1.82) is 0 Å². The van der Waals surface area contributed by atoms with Crippen LogP contribution in [-0.2, 0) is 28.6 Å². The number of hydrogen-bond donors (Lipinski definition) is 0. The van der Waals surface area contributed by atoms with Gasteiger partial charge >= 0.3 is 17.9 Å². The van der Waals surface area contributed by atoms with Crippen molar-refractivity contribution in [3.8, 4) is 0 Å². The maximum Gasteiger partial charge on any atom is 0.306 e. The van der Waals surface area contributed by atoms with Crippen LogP contribution in [0.15, 0.2) is 0 Å². The topological polar surface area (TPSA) is 78.9 Å². The lowest BCUT2D eigenvalue weighted by Crippen LogP contribution is -2.30. The van der Waals surface area contributed by atoms with Crippen LogP contribution in [0.3, 0.4) is 0 Å². The van der Waals surface area contributed by atoms with E-state index in [1.807, 2.05) is 0 Å². The Hall–Kier alpha value is -1.59. The van der Waals surface area contributed by atoms with E-state index in [1.54, 1.807) is 0 Å². The molecule has 6 nitrogen and oxygen atoms in total. The van der Waals surface area contributed by atoms with Crippen molar-refractivity contribution in [1.82, 2.24) is 0 Å². The summed E-state index contributed by atoms with van der Waals surface area (Å²) in [5.74, 6) is 1.58. The largest absolute Gasteiger partial charge is 0.462 e. The summed E-state index contributed by atoms with van der Waals surface area (Å²) in [7, 11) is 0. The van der Waals surface area contributed by atoms with Crippen molar-refractivity contribution in [3.63, 3.8) is 0 Å². The lowest BCUT2D eigenvalue weighted by molar-refractivity contribution is -0.167. The molecule has 0 aromatic rings. The molecule has 0 aromatic heterocycles. The molecule has 0 aliphatic heterocycles. The third-order valence-corrected chi connectivity index (χ3v) is 11.0. The van der Waals surface area contributed by atoms with Crippen molar-refractivity contribution in [2.24, 2.45) is 17.8 Å². The molecule has 0 aliphatic carbocycles. The summed E-state index contributed by atoms with van der Waals surface area (Å²) < 4.78 is 16.7. The normalized spacial score (nSPS) is 12.7. The molecule has 0 aromatic carbocycles. The molecule has 0 rings (SSSR count). The number of unbranched alkanes of at least 4 members (excludes halogenated alkanes) is 23. The summed E-state index contributed by atoms with van der Waals surface area (Å²) in [6.45, 7) is 13.6. The van der Waals surface area contributed by atoms with Crippen molar-refractivity contribution in [2.45, 2.75) is 260 Å². The first-order chi connectivity index (χ1) is 26.1. The van der Waals surface area contributed by atoms with Crippen LogP contribution in [0, 0.1) is 17.8 Å². The minimum absolute atomic E-state index is 0.0665.